The number of halogens is 4. The summed E-state index contributed by atoms with van der Waals surface area (Å²) >= 11 is 6.28. The number of nitrogens with zero attached hydrogens (tertiary/aromatic N) is 1. The molecule has 4 aromatic rings. The number of carbonyl (C=O) groups excluding carboxylic acids is 1. The number of amides is 1. The second-order valence-electron chi connectivity index (χ2n) is 8.89. The molecule has 6 nitrogen and oxygen atoms in total. The van der Waals surface area contributed by atoms with Gasteiger partial charge in [0.25, 0.3) is 0 Å². The van der Waals surface area contributed by atoms with Crippen molar-refractivity contribution >= 4 is 28.6 Å². The SMILES string of the molecule is CC[C@@H](NC(=O)[C@H](Cc1ccccc1Cl)NC(c1ccccc1)C(F)(F)F)C(O)c1nc2ccccc2o1. The summed E-state index contributed by atoms with van der Waals surface area (Å²) in [5, 5.41) is 16.5. The van der Waals surface area contributed by atoms with Gasteiger partial charge in [-0.1, -0.05) is 79.2 Å². The van der Waals surface area contributed by atoms with Crippen molar-refractivity contribution in [2.24, 2.45) is 0 Å². The van der Waals surface area contributed by atoms with Crippen molar-refractivity contribution in [1.29, 1.82) is 0 Å². The maximum Gasteiger partial charge on any atom is 0.407 e. The van der Waals surface area contributed by atoms with Crippen LogP contribution >= 0.6 is 11.6 Å². The Balaban J connectivity index is 1.61. The molecule has 0 saturated carbocycles. The fourth-order valence-electron chi connectivity index (χ4n) is 4.21. The number of nitrogens with one attached hydrogen (secondary N) is 2. The van der Waals surface area contributed by atoms with Crippen molar-refractivity contribution in [3.05, 3.63) is 101 Å². The van der Waals surface area contributed by atoms with Gasteiger partial charge in [-0.15, -0.1) is 0 Å². The van der Waals surface area contributed by atoms with Gasteiger partial charge in [-0.3, -0.25) is 10.1 Å². The van der Waals surface area contributed by atoms with Crippen LogP contribution in [-0.2, 0) is 11.2 Å². The van der Waals surface area contributed by atoms with Gasteiger partial charge in [-0.2, -0.15) is 13.2 Å². The lowest BCUT2D eigenvalue weighted by Crippen LogP contribution is -2.53. The average Bonchev–Trinajstić information content (AvgIpc) is 3.34. The predicted octanol–water partition coefficient (Wildman–Crippen LogP) is 5.91. The summed E-state index contributed by atoms with van der Waals surface area (Å²) in [6, 6.07) is 16.6. The van der Waals surface area contributed by atoms with E-state index in [2.05, 4.69) is 15.6 Å². The molecule has 2 unspecified atom stereocenters. The molecule has 0 bridgehead atoms. The van der Waals surface area contributed by atoms with Gasteiger partial charge in [-0.25, -0.2) is 4.98 Å². The van der Waals surface area contributed by atoms with Crippen molar-refractivity contribution in [2.75, 3.05) is 0 Å². The van der Waals surface area contributed by atoms with Crippen LogP contribution in [0.25, 0.3) is 11.1 Å². The summed E-state index contributed by atoms with van der Waals surface area (Å²) < 4.78 is 48.1. The van der Waals surface area contributed by atoms with E-state index in [4.69, 9.17) is 16.0 Å². The third-order valence-electron chi connectivity index (χ3n) is 6.24. The zero-order chi connectivity index (χ0) is 27.3. The van der Waals surface area contributed by atoms with E-state index in [0.29, 0.717) is 21.7 Å². The molecule has 4 atom stereocenters. The molecule has 0 fully saturated rings. The Morgan fingerprint density at radius 2 is 1.68 bits per heavy atom. The fraction of sp³-hybridized carbons (Fsp3) is 0.286. The molecule has 4 rings (SSSR count). The molecule has 0 saturated heterocycles. The minimum absolute atomic E-state index is 0.00594. The van der Waals surface area contributed by atoms with Gasteiger partial charge in [0.05, 0.1) is 12.1 Å². The zero-order valence-corrected chi connectivity index (χ0v) is 21.2. The topological polar surface area (TPSA) is 87.4 Å². The largest absolute Gasteiger partial charge is 0.438 e. The van der Waals surface area contributed by atoms with Crippen LogP contribution < -0.4 is 10.6 Å². The first-order valence-electron chi connectivity index (χ1n) is 12.1. The molecular weight excluding hydrogens is 519 g/mol. The number of aliphatic hydroxyl groups excluding tert-OH is 1. The number of rotatable bonds is 10. The molecule has 0 radical (unpaired) electrons. The standard InChI is InChI=1S/C28H27ClF3N3O3/c1-2-20(24(36)27-35-21-14-8-9-15-23(21)38-27)34-26(37)22(16-18-12-6-7-13-19(18)29)33-25(28(30,31)32)17-10-4-3-5-11-17/h3-15,20,22,24-25,33,36H,2,16H2,1H3,(H,34,37)/t20-,22+,24?,25?/m1/s1. The molecule has 0 spiro atoms. The first kappa shape index (κ1) is 27.6. The van der Waals surface area contributed by atoms with Crippen LogP contribution in [0.5, 0.6) is 0 Å². The van der Waals surface area contributed by atoms with Crippen LogP contribution in [0.15, 0.2) is 83.3 Å². The first-order valence-corrected chi connectivity index (χ1v) is 12.5. The Morgan fingerprint density at radius 3 is 2.34 bits per heavy atom. The van der Waals surface area contributed by atoms with Gasteiger partial charge in [0, 0.05) is 5.02 Å². The highest BCUT2D eigenvalue weighted by molar-refractivity contribution is 6.31. The lowest BCUT2D eigenvalue weighted by molar-refractivity contribution is -0.161. The minimum Gasteiger partial charge on any atom is -0.438 e. The van der Waals surface area contributed by atoms with Crippen LogP contribution in [0.1, 0.15) is 42.5 Å². The molecular formula is C28H27ClF3N3O3. The quantitative estimate of drug-likeness (QED) is 0.230. The first-order chi connectivity index (χ1) is 18.2. The third kappa shape index (κ3) is 6.53. The highest BCUT2D eigenvalue weighted by atomic mass is 35.5. The molecule has 1 amide bonds. The molecule has 0 aliphatic heterocycles. The number of carbonyl (C=O) groups is 1. The summed E-state index contributed by atoms with van der Waals surface area (Å²) in [5.41, 5.74) is 1.48. The monoisotopic (exact) mass is 545 g/mol. The zero-order valence-electron chi connectivity index (χ0n) is 20.5. The molecule has 1 heterocycles. The number of hydrogen-bond donors (Lipinski definition) is 3. The molecule has 3 N–H and O–H groups in total. The smallest absolute Gasteiger partial charge is 0.407 e. The van der Waals surface area contributed by atoms with E-state index in [0.717, 1.165) is 0 Å². The molecule has 10 heteroatoms. The van der Waals surface area contributed by atoms with Gasteiger partial charge < -0.3 is 14.8 Å². The van der Waals surface area contributed by atoms with Crippen LogP contribution in [0.2, 0.25) is 5.02 Å². The molecule has 200 valence electrons. The number of benzene rings is 3. The summed E-state index contributed by atoms with van der Waals surface area (Å²) in [4.78, 5) is 17.8. The lowest BCUT2D eigenvalue weighted by Gasteiger charge is -2.29. The fourth-order valence-corrected chi connectivity index (χ4v) is 4.43. The minimum atomic E-state index is -4.68. The number of oxazole rings is 1. The number of alkyl halides is 3. The normalized spacial score (nSPS) is 15.1. The van der Waals surface area contributed by atoms with Crippen LogP contribution in [0.3, 0.4) is 0 Å². The number of aliphatic hydroxyl groups is 1. The Bertz CT molecular complexity index is 1330. The third-order valence-corrected chi connectivity index (χ3v) is 6.61. The number of hydrogen-bond acceptors (Lipinski definition) is 5. The number of para-hydroxylation sites is 2. The van der Waals surface area contributed by atoms with Gasteiger partial charge in [0.1, 0.15) is 11.6 Å². The summed E-state index contributed by atoms with van der Waals surface area (Å²) in [7, 11) is 0. The van der Waals surface area contributed by atoms with Gasteiger partial charge >= 0.3 is 6.18 Å². The van der Waals surface area contributed by atoms with Crippen molar-refractivity contribution in [3.8, 4) is 0 Å². The van der Waals surface area contributed by atoms with E-state index < -0.39 is 36.3 Å². The van der Waals surface area contributed by atoms with Gasteiger partial charge in [0.2, 0.25) is 11.8 Å². The highest BCUT2D eigenvalue weighted by Crippen LogP contribution is 2.33. The Kier molecular flexibility index (Phi) is 8.71. The Labute approximate surface area is 222 Å². The van der Waals surface area contributed by atoms with Crippen molar-refractivity contribution in [2.45, 2.75) is 50.2 Å². The van der Waals surface area contributed by atoms with Crippen molar-refractivity contribution in [3.63, 3.8) is 0 Å². The van der Waals surface area contributed by atoms with E-state index in [1.54, 1.807) is 61.5 Å². The maximum atomic E-state index is 14.1. The predicted molar refractivity (Wildman–Crippen MR) is 139 cm³/mol. The van der Waals surface area contributed by atoms with E-state index in [1.807, 2.05) is 0 Å². The second kappa shape index (κ2) is 12.0. The molecule has 1 aromatic heterocycles. The van der Waals surface area contributed by atoms with Gasteiger partial charge in [0.15, 0.2) is 11.7 Å². The summed E-state index contributed by atoms with van der Waals surface area (Å²) in [5.74, 6) is -0.719. The van der Waals surface area contributed by atoms with Crippen LogP contribution in [0.4, 0.5) is 13.2 Å². The number of aromatic nitrogens is 1. The second-order valence-corrected chi connectivity index (χ2v) is 9.30. The van der Waals surface area contributed by atoms with E-state index >= 15 is 0 Å². The highest BCUT2D eigenvalue weighted by Gasteiger charge is 2.43. The van der Waals surface area contributed by atoms with E-state index in [-0.39, 0.29) is 24.3 Å². The maximum absolute atomic E-state index is 14.1. The number of fused-ring (bicyclic) bond motifs is 1. The van der Waals surface area contributed by atoms with Crippen LogP contribution in [-0.4, -0.2) is 34.3 Å². The Morgan fingerprint density at radius 1 is 1.03 bits per heavy atom. The van der Waals surface area contributed by atoms with Crippen LogP contribution in [0, 0.1) is 0 Å². The summed E-state index contributed by atoms with van der Waals surface area (Å²) in [6.07, 6.45) is -5.83. The molecule has 38 heavy (non-hydrogen) atoms. The Hall–Kier alpha value is -3.40. The molecule has 3 aromatic carbocycles. The lowest BCUT2D eigenvalue weighted by atomic mass is 10.00. The summed E-state index contributed by atoms with van der Waals surface area (Å²) in [6.45, 7) is 1.73. The molecule has 0 aliphatic carbocycles. The average molecular weight is 546 g/mol. The molecule has 0 aliphatic rings. The van der Waals surface area contributed by atoms with E-state index in [1.165, 1.54) is 24.3 Å². The van der Waals surface area contributed by atoms with Gasteiger partial charge in [-0.05, 0) is 42.2 Å². The van der Waals surface area contributed by atoms with E-state index in [9.17, 15) is 23.1 Å². The van der Waals surface area contributed by atoms with Crippen molar-refractivity contribution in [1.82, 2.24) is 15.6 Å². The van der Waals surface area contributed by atoms with Crippen molar-refractivity contribution < 1.29 is 27.5 Å².